The topological polar surface area (TPSA) is 55.9 Å². The van der Waals surface area contributed by atoms with Crippen LogP contribution in [0.25, 0.3) is 5.69 Å². The van der Waals surface area contributed by atoms with Gasteiger partial charge in [0, 0.05) is 36.0 Å². The maximum Gasteiger partial charge on any atom is 0.0690 e. The molecule has 0 saturated heterocycles. The third-order valence-corrected chi connectivity index (χ3v) is 4.06. The van der Waals surface area contributed by atoms with E-state index in [9.17, 15) is 0 Å². The number of anilines is 1. The molecule has 1 aromatic carbocycles. The van der Waals surface area contributed by atoms with Gasteiger partial charge in [-0.2, -0.15) is 5.10 Å². The molecule has 102 valence electrons. The van der Waals surface area contributed by atoms with E-state index in [1.165, 1.54) is 10.4 Å². The summed E-state index contributed by atoms with van der Waals surface area (Å²) in [6, 6.07) is 12.1. The van der Waals surface area contributed by atoms with Crippen molar-refractivity contribution in [2.45, 2.75) is 13.1 Å². The zero-order chi connectivity index (χ0) is 13.8. The van der Waals surface area contributed by atoms with Crippen LogP contribution in [0.15, 0.2) is 54.2 Å². The second kappa shape index (κ2) is 5.90. The molecule has 2 aromatic heterocycles. The van der Waals surface area contributed by atoms with Gasteiger partial charge in [0.05, 0.1) is 5.69 Å². The smallest absolute Gasteiger partial charge is 0.0690 e. The van der Waals surface area contributed by atoms with E-state index in [0.29, 0.717) is 0 Å². The SMILES string of the molecule is Nc1ccsc1CNCc1ccccc1-n1cccn1. The van der Waals surface area contributed by atoms with Crippen molar-refractivity contribution in [1.82, 2.24) is 15.1 Å². The molecular formula is C15H16N4S. The molecule has 0 radical (unpaired) electrons. The summed E-state index contributed by atoms with van der Waals surface area (Å²) in [5.74, 6) is 0. The van der Waals surface area contributed by atoms with Crippen LogP contribution in [0.4, 0.5) is 5.69 Å². The van der Waals surface area contributed by atoms with E-state index in [2.05, 4.69) is 22.5 Å². The molecule has 3 N–H and O–H groups in total. The Kier molecular flexibility index (Phi) is 3.80. The molecule has 0 atom stereocenters. The van der Waals surface area contributed by atoms with Gasteiger partial charge in [-0.1, -0.05) is 18.2 Å². The monoisotopic (exact) mass is 284 g/mol. The van der Waals surface area contributed by atoms with Crippen molar-refractivity contribution in [1.29, 1.82) is 0 Å². The van der Waals surface area contributed by atoms with Gasteiger partial charge in [-0.05, 0) is 29.1 Å². The van der Waals surface area contributed by atoms with Crippen LogP contribution in [0.2, 0.25) is 0 Å². The van der Waals surface area contributed by atoms with E-state index < -0.39 is 0 Å². The first-order valence-electron chi connectivity index (χ1n) is 6.45. The summed E-state index contributed by atoms with van der Waals surface area (Å²) >= 11 is 1.68. The summed E-state index contributed by atoms with van der Waals surface area (Å²) in [5.41, 5.74) is 9.06. The fraction of sp³-hybridized carbons (Fsp3) is 0.133. The highest BCUT2D eigenvalue weighted by atomic mass is 32.1. The molecule has 4 nitrogen and oxygen atoms in total. The number of aromatic nitrogens is 2. The predicted octanol–water partition coefficient (Wildman–Crippen LogP) is 2.81. The molecule has 0 bridgehead atoms. The Morgan fingerprint density at radius 2 is 2.05 bits per heavy atom. The van der Waals surface area contributed by atoms with Gasteiger partial charge < -0.3 is 11.1 Å². The lowest BCUT2D eigenvalue weighted by atomic mass is 10.2. The minimum Gasteiger partial charge on any atom is -0.398 e. The van der Waals surface area contributed by atoms with E-state index in [0.717, 1.165) is 24.5 Å². The van der Waals surface area contributed by atoms with Crippen molar-refractivity contribution in [3.05, 3.63) is 64.6 Å². The first-order valence-corrected chi connectivity index (χ1v) is 7.33. The van der Waals surface area contributed by atoms with E-state index in [-0.39, 0.29) is 0 Å². The van der Waals surface area contributed by atoms with E-state index >= 15 is 0 Å². The molecule has 0 amide bonds. The van der Waals surface area contributed by atoms with Crippen molar-refractivity contribution in [3.8, 4) is 5.69 Å². The van der Waals surface area contributed by atoms with Crippen molar-refractivity contribution >= 4 is 17.0 Å². The van der Waals surface area contributed by atoms with Crippen molar-refractivity contribution < 1.29 is 0 Å². The molecular weight excluding hydrogens is 268 g/mol. The first kappa shape index (κ1) is 12.9. The molecule has 0 fully saturated rings. The number of nitrogen functional groups attached to an aromatic ring is 1. The molecule has 3 rings (SSSR count). The van der Waals surface area contributed by atoms with Gasteiger partial charge in [0.15, 0.2) is 0 Å². The summed E-state index contributed by atoms with van der Waals surface area (Å²) in [6.45, 7) is 1.57. The van der Waals surface area contributed by atoms with E-state index in [1.54, 1.807) is 17.5 Å². The fourth-order valence-electron chi connectivity index (χ4n) is 2.10. The number of benzene rings is 1. The maximum absolute atomic E-state index is 5.88. The Morgan fingerprint density at radius 1 is 1.15 bits per heavy atom. The van der Waals surface area contributed by atoms with Crippen LogP contribution >= 0.6 is 11.3 Å². The quantitative estimate of drug-likeness (QED) is 0.757. The number of hydrogen-bond donors (Lipinski definition) is 2. The number of para-hydroxylation sites is 1. The van der Waals surface area contributed by atoms with Crippen LogP contribution in [0.3, 0.4) is 0 Å². The van der Waals surface area contributed by atoms with E-state index in [1.807, 2.05) is 40.5 Å². The molecule has 0 saturated carbocycles. The van der Waals surface area contributed by atoms with E-state index in [4.69, 9.17) is 5.73 Å². The van der Waals surface area contributed by atoms with Crippen molar-refractivity contribution in [2.24, 2.45) is 0 Å². The van der Waals surface area contributed by atoms with Gasteiger partial charge in [-0.3, -0.25) is 0 Å². The largest absolute Gasteiger partial charge is 0.398 e. The van der Waals surface area contributed by atoms with Crippen LogP contribution < -0.4 is 11.1 Å². The Balaban J connectivity index is 1.70. The minimum atomic E-state index is 0.785. The van der Waals surface area contributed by atoms with Crippen LogP contribution in [0.1, 0.15) is 10.4 Å². The Bertz CT molecular complexity index is 673. The second-order valence-electron chi connectivity index (χ2n) is 4.48. The van der Waals surface area contributed by atoms with Crippen LogP contribution in [-0.2, 0) is 13.1 Å². The summed E-state index contributed by atoms with van der Waals surface area (Å²) < 4.78 is 1.89. The van der Waals surface area contributed by atoms with Gasteiger partial charge in [0.25, 0.3) is 0 Å². The number of nitrogens with zero attached hydrogens (tertiary/aromatic N) is 2. The Labute approximate surface area is 121 Å². The molecule has 0 aliphatic rings. The molecule has 0 aliphatic heterocycles. The highest BCUT2D eigenvalue weighted by Crippen LogP contribution is 2.19. The lowest BCUT2D eigenvalue weighted by molar-refractivity contribution is 0.694. The predicted molar refractivity (Wildman–Crippen MR) is 82.8 cm³/mol. The fourth-order valence-corrected chi connectivity index (χ4v) is 2.87. The van der Waals surface area contributed by atoms with Gasteiger partial charge >= 0.3 is 0 Å². The third kappa shape index (κ3) is 2.74. The highest BCUT2D eigenvalue weighted by Gasteiger charge is 2.05. The van der Waals surface area contributed by atoms with Gasteiger partial charge in [-0.25, -0.2) is 4.68 Å². The van der Waals surface area contributed by atoms with Crippen molar-refractivity contribution in [2.75, 3.05) is 5.73 Å². The van der Waals surface area contributed by atoms with Crippen LogP contribution in [-0.4, -0.2) is 9.78 Å². The first-order chi connectivity index (χ1) is 9.84. The van der Waals surface area contributed by atoms with Crippen molar-refractivity contribution in [3.63, 3.8) is 0 Å². The van der Waals surface area contributed by atoms with Gasteiger partial charge in [0.1, 0.15) is 0 Å². The second-order valence-corrected chi connectivity index (χ2v) is 5.48. The molecule has 0 aliphatic carbocycles. The highest BCUT2D eigenvalue weighted by molar-refractivity contribution is 7.10. The minimum absolute atomic E-state index is 0.785. The number of hydrogen-bond acceptors (Lipinski definition) is 4. The summed E-state index contributed by atoms with van der Waals surface area (Å²) in [5, 5.41) is 9.74. The molecule has 20 heavy (non-hydrogen) atoms. The normalized spacial score (nSPS) is 10.8. The van der Waals surface area contributed by atoms with Gasteiger partial charge in [-0.15, -0.1) is 11.3 Å². The number of nitrogens with two attached hydrogens (primary N) is 1. The summed E-state index contributed by atoms with van der Waals surface area (Å²) in [7, 11) is 0. The molecule has 0 unspecified atom stereocenters. The standard InChI is InChI=1S/C15H16N4S/c16-13-6-9-20-15(13)11-17-10-12-4-1-2-5-14(12)19-8-3-7-18-19/h1-9,17H,10-11,16H2. The molecule has 5 heteroatoms. The zero-order valence-electron chi connectivity index (χ0n) is 11.0. The van der Waals surface area contributed by atoms with Gasteiger partial charge in [0.2, 0.25) is 0 Å². The summed E-state index contributed by atoms with van der Waals surface area (Å²) in [4.78, 5) is 1.18. The average Bonchev–Trinajstić information content (AvgIpc) is 3.12. The maximum atomic E-state index is 5.88. The van der Waals surface area contributed by atoms with Crippen LogP contribution in [0.5, 0.6) is 0 Å². The Morgan fingerprint density at radius 3 is 2.80 bits per heavy atom. The lowest BCUT2D eigenvalue weighted by Gasteiger charge is -2.10. The third-order valence-electron chi connectivity index (χ3n) is 3.12. The number of thiophene rings is 1. The Hall–Kier alpha value is -2.11. The zero-order valence-corrected chi connectivity index (χ0v) is 11.8. The number of rotatable bonds is 5. The average molecular weight is 284 g/mol. The molecule has 3 aromatic rings. The molecule has 2 heterocycles. The summed E-state index contributed by atoms with van der Waals surface area (Å²) in [6.07, 6.45) is 3.74. The molecule has 0 spiro atoms. The lowest BCUT2D eigenvalue weighted by Crippen LogP contribution is -2.14. The van der Waals surface area contributed by atoms with Crippen LogP contribution in [0, 0.1) is 0 Å². The number of nitrogens with one attached hydrogen (secondary N) is 1.